The Balaban J connectivity index is 1.18. The monoisotopic (exact) mass is 418 g/mol. The molecular formula is C22H22N6O3. The second-order valence-corrected chi connectivity index (χ2v) is 8.39. The summed E-state index contributed by atoms with van der Waals surface area (Å²) in [6, 6.07) is 10.7. The molecule has 0 radical (unpaired) electrons. The standard InChI is InChI=1S/C22H22N6O3/c23-18(29)15-5-3-7-25-20(15)31-13-10-22(11-13)8-12(9-22)26-19(30)17-14-4-1-2-6-16(14)27-21(24)28-17/h1-7,12-13H,8-11H2,(H2,23,29)(H,26,30)(H2,24,27,28). The number of ether oxygens (including phenoxy) is 1. The van der Waals surface area contributed by atoms with E-state index in [-0.39, 0.29) is 35.3 Å². The minimum Gasteiger partial charge on any atom is -0.474 e. The maximum absolute atomic E-state index is 12.8. The second kappa shape index (κ2) is 7.19. The summed E-state index contributed by atoms with van der Waals surface area (Å²) < 4.78 is 5.89. The molecule has 0 atom stereocenters. The van der Waals surface area contributed by atoms with Gasteiger partial charge in [-0.05, 0) is 49.3 Å². The lowest BCUT2D eigenvalue weighted by molar-refractivity contribution is -0.0848. The Bertz CT molecular complexity index is 1180. The highest BCUT2D eigenvalue weighted by Gasteiger charge is 2.54. The predicted molar refractivity (Wildman–Crippen MR) is 113 cm³/mol. The molecule has 2 saturated carbocycles. The Morgan fingerprint density at radius 2 is 1.84 bits per heavy atom. The van der Waals surface area contributed by atoms with Crippen molar-refractivity contribution >= 4 is 28.7 Å². The number of carbonyl (C=O) groups is 2. The third-order valence-corrected chi connectivity index (χ3v) is 6.17. The average Bonchev–Trinajstić information content (AvgIpc) is 2.70. The van der Waals surface area contributed by atoms with E-state index in [1.165, 1.54) is 0 Å². The van der Waals surface area contributed by atoms with Crippen LogP contribution in [0.25, 0.3) is 10.9 Å². The number of hydrogen-bond acceptors (Lipinski definition) is 7. The summed E-state index contributed by atoms with van der Waals surface area (Å²) in [5, 5.41) is 3.75. The van der Waals surface area contributed by atoms with E-state index in [4.69, 9.17) is 16.2 Å². The van der Waals surface area contributed by atoms with E-state index in [1.54, 1.807) is 18.3 Å². The maximum atomic E-state index is 12.8. The van der Waals surface area contributed by atoms with Crippen LogP contribution in [0.1, 0.15) is 46.5 Å². The number of aromatic nitrogens is 3. The van der Waals surface area contributed by atoms with Crippen molar-refractivity contribution in [3.63, 3.8) is 0 Å². The Kier molecular flexibility index (Phi) is 4.46. The number of nitrogens with zero attached hydrogens (tertiary/aromatic N) is 3. The van der Waals surface area contributed by atoms with E-state index in [1.807, 2.05) is 24.3 Å². The molecular weight excluding hydrogens is 396 g/mol. The topological polar surface area (TPSA) is 146 Å². The summed E-state index contributed by atoms with van der Waals surface area (Å²) in [5.41, 5.74) is 12.6. The van der Waals surface area contributed by atoms with Gasteiger partial charge in [-0.25, -0.2) is 15.0 Å². The molecule has 3 aromatic rings. The fraction of sp³-hybridized carbons (Fsp3) is 0.318. The SMILES string of the molecule is NC(=O)c1cccnc1OC1CC2(CC(NC(=O)c3nc(N)nc4ccccc34)C2)C1. The highest BCUT2D eigenvalue weighted by Crippen LogP contribution is 2.56. The van der Waals surface area contributed by atoms with Crippen molar-refractivity contribution in [2.75, 3.05) is 5.73 Å². The number of nitrogens with one attached hydrogen (secondary N) is 1. The minimum absolute atomic E-state index is 0.00439. The number of rotatable bonds is 5. The summed E-state index contributed by atoms with van der Waals surface area (Å²) >= 11 is 0. The van der Waals surface area contributed by atoms with E-state index in [0.717, 1.165) is 25.7 Å². The smallest absolute Gasteiger partial charge is 0.270 e. The molecule has 0 bridgehead atoms. The molecule has 158 valence electrons. The number of hydrogen-bond donors (Lipinski definition) is 3. The summed E-state index contributed by atoms with van der Waals surface area (Å²) in [5.74, 6) is -0.427. The molecule has 2 amide bonds. The number of pyridine rings is 1. The molecule has 1 spiro atoms. The molecule has 2 aliphatic rings. The number of nitrogens with two attached hydrogens (primary N) is 2. The number of para-hydroxylation sites is 1. The van der Waals surface area contributed by atoms with Gasteiger partial charge in [0.25, 0.3) is 11.8 Å². The summed E-state index contributed by atoms with van der Waals surface area (Å²) in [6.45, 7) is 0. The van der Waals surface area contributed by atoms with Crippen molar-refractivity contribution in [3.8, 4) is 5.88 Å². The van der Waals surface area contributed by atoms with Crippen molar-refractivity contribution in [2.45, 2.75) is 37.8 Å². The first-order chi connectivity index (χ1) is 14.9. The number of fused-ring (bicyclic) bond motifs is 1. The largest absolute Gasteiger partial charge is 0.474 e. The van der Waals surface area contributed by atoms with Crippen LogP contribution in [0.2, 0.25) is 0 Å². The van der Waals surface area contributed by atoms with Gasteiger partial charge in [-0.3, -0.25) is 9.59 Å². The van der Waals surface area contributed by atoms with Crippen LogP contribution in [0.3, 0.4) is 0 Å². The zero-order valence-electron chi connectivity index (χ0n) is 16.7. The van der Waals surface area contributed by atoms with E-state index in [2.05, 4.69) is 20.3 Å². The molecule has 2 aliphatic carbocycles. The van der Waals surface area contributed by atoms with E-state index in [0.29, 0.717) is 22.2 Å². The molecule has 9 nitrogen and oxygen atoms in total. The van der Waals surface area contributed by atoms with Crippen LogP contribution in [0.4, 0.5) is 5.95 Å². The quantitative estimate of drug-likeness (QED) is 0.573. The first-order valence-corrected chi connectivity index (χ1v) is 10.2. The average molecular weight is 418 g/mol. The van der Waals surface area contributed by atoms with Crippen LogP contribution in [-0.4, -0.2) is 38.9 Å². The fourth-order valence-electron chi connectivity index (χ4n) is 4.76. The van der Waals surface area contributed by atoms with Crippen molar-refractivity contribution in [1.82, 2.24) is 20.3 Å². The zero-order chi connectivity index (χ0) is 21.6. The summed E-state index contributed by atoms with van der Waals surface area (Å²) in [7, 11) is 0. The molecule has 1 aromatic carbocycles. The highest BCUT2D eigenvalue weighted by molar-refractivity contribution is 6.04. The molecule has 31 heavy (non-hydrogen) atoms. The van der Waals surface area contributed by atoms with Crippen LogP contribution in [0.5, 0.6) is 5.88 Å². The van der Waals surface area contributed by atoms with Crippen molar-refractivity contribution in [2.24, 2.45) is 11.1 Å². The van der Waals surface area contributed by atoms with Gasteiger partial charge in [-0.1, -0.05) is 18.2 Å². The first-order valence-electron chi connectivity index (χ1n) is 10.2. The van der Waals surface area contributed by atoms with Crippen LogP contribution >= 0.6 is 0 Å². The Hall–Kier alpha value is -3.75. The maximum Gasteiger partial charge on any atom is 0.270 e. The molecule has 2 heterocycles. The number of benzene rings is 1. The second-order valence-electron chi connectivity index (χ2n) is 8.39. The van der Waals surface area contributed by atoms with Gasteiger partial charge in [-0.2, -0.15) is 0 Å². The van der Waals surface area contributed by atoms with Gasteiger partial charge < -0.3 is 21.5 Å². The molecule has 5 N–H and O–H groups in total. The number of nitrogen functional groups attached to an aromatic ring is 1. The van der Waals surface area contributed by atoms with Gasteiger partial charge in [0.15, 0.2) is 0 Å². The van der Waals surface area contributed by atoms with E-state index in [9.17, 15) is 9.59 Å². The van der Waals surface area contributed by atoms with Crippen molar-refractivity contribution in [1.29, 1.82) is 0 Å². The molecule has 0 aliphatic heterocycles. The molecule has 5 rings (SSSR count). The Morgan fingerprint density at radius 1 is 1.06 bits per heavy atom. The summed E-state index contributed by atoms with van der Waals surface area (Å²) in [4.78, 5) is 36.8. The molecule has 2 aromatic heterocycles. The summed E-state index contributed by atoms with van der Waals surface area (Å²) in [6.07, 6.45) is 5.04. The Labute approximate surface area is 178 Å². The fourth-order valence-corrected chi connectivity index (χ4v) is 4.76. The molecule has 0 saturated heterocycles. The Morgan fingerprint density at radius 3 is 2.61 bits per heavy atom. The lowest BCUT2D eigenvalue weighted by Crippen LogP contribution is -2.58. The number of amides is 2. The molecule has 2 fully saturated rings. The minimum atomic E-state index is -0.554. The lowest BCUT2D eigenvalue weighted by atomic mass is 9.53. The molecule has 0 unspecified atom stereocenters. The zero-order valence-corrected chi connectivity index (χ0v) is 16.7. The van der Waals surface area contributed by atoms with Crippen LogP contribution in [-0.2, 0) is 0 Å². The predicted octanol–water partition coefficient (Wildman–Crippen LogP) is 1.83. The van der Waals surface area contributed by atoms with E-state index >= 15 is 0 Å². The normalized spacial score (nSPS) is 24.3. The van der Waals surface area contributed by atoms with Gasteiger partial charge in [-0.15, -0.1) is 0 Å². The van der Waals surface area contributed by atoms with Crippen LogP contribution < -0.4 is 21.5 Å². The van der Waals surface area contributed by atoms with Crippen molar-refractivity contribution < 1.29 is 14.3 Å². The number of primary amides is 1. The number of carbonyl (C=O) groups excluding carboxylic acids is 2. The van der Waals surface area contributed by atoms with Gasteiger partial charge in [0.2, 0.25) is 11.8 Å². The van der Waals surface area contributed by atoms with Crippen LogP contribution in [0.15, 0.2) is 42.6 Å². The number of anilines is 1. The van der Waals surface area contributed by atoms with Gasteiger partial charge in [0, 0.05) is 17.6 Å². The lowest BCUT2D eigenvalue weighted by Gasteiger charge is -2.57. The van der Waals surface area contributed by atoms with Crippen molar-refractivity contribution in [3.05, 3.63) is 53.9 Å². The highest BCUT2D eigenvalue weighted by atomic mass is 16.5. The van der Waals surface area contributed by atoms with Crippen LogP contribution in [0, 0.1) is 5.41 Å². The first kappa shape index (κ1) is 19.2. The van der Waals surface area contributed by atoms with Gasteiger partial charge in [0.1, 0.15) is 17.4 Å². The third kappa shape index (κ3) is 3.52. The van der Waals surface area contributed by atoms with Gasteiger partial charge in [0.05, 0.1) is 5.52 Å². The van der Waals surface area contributed by atoms with E-state index < -0.39 is 5.91 Å². The van der Waals surface area contributed by atoms with Gasteiger partial charge >= 0.3 is 0 Å². The molecule has 9 heteroatoms. The third-order valence-electron chi connectivity index (χ3n) is 6.17.